The van der Waals surface area contributed by atoms with Gasteiger partial charge in [0.15, 0.2) is 17.5 Å². The summed E-state index contributed by atoms with van der Waals surface area (Å²) in [6.07, 6.45) is 0. The second-order valence-corrected chi connectivity index (χ2v) is 5.69. The van der Waals surface area contributed by atoms with Crippen molar-refractivity contribution in [2.24, 2.45) is 4.99 Å². The molecule has 0 aliphatic heterocycles. The van der Waals surface area contributed by atoms with Crippen LogP contribution in [0, 0.1) is 6.92 Å². The van der Waals surface area contributed by atoms with E-state index in [1.54, 1.807) is 14.2 Å². The topological polar surface area (TPSA) is 54.9 Å². The highest BCUT2D eigenvalue weighted by Crippen LogP contribution is 2.30. The van der Waals surface area contributed by atoms with Crippen molar-refractivity contribution in [3.63, 3.8) is 0 Å². The molecule has 0 spiro atoms. The highest BCUT2D eigenvalue weighted by molar-refractivity contribution is 5.79. The molecule has 25 heavy (non-hydrogen) atoms. The second kappa shape index (κ2) is 9.57. The van der Waals surface area contributed by atoms with Crippen LogP contribution in [-0.4, -0.2) is 26.7 Å². The van der Waals surface area contributed by atoms with Crippen molar-refractivity contribution in [1.29, 1.82) is 0 Å². The number of aliphatic imine (C=N–C) groups is 1. The molecule has 2 aromatic carbocycles. The first-order chi connectivity index (χ1) is 12.2. The number of hydrogen-bond donors (Lipinski definition) is 2. The first-order valence-corrected chi connectivity index (χ1v) is 8.45. The van der Waals surface area contributed by atoms with Crippen LogP contribution in [0.15, 0.2) is 47.5 Å². The predicted molar refractivity (Wildman–Crippen MR) is 102 cm³/mol. The van der Waals surface area contributed by atoms with Crippen LogP contribution in [0.25, 0.3) is 0 Å². The Kier molecular flexibility index (Phi) is 7.14. The number of nitrogens with one attached hydrogen (secondary N) is 2. The van der Waals surface area contributed by atoms with Gasteiger partial charge < -0.3 is 20.1 Å². The molecular formula is C20H27N3O2. The third-order valence-electron chi connectivity index (χ3n) is 3.82. The zero-order chi connectivity index (χ0) is 18.1. The zero-order valence-electron chi connectivity index (χ0n) is 15.4. The Labute approximate surface area is 150 Å². The first kappa shape index (κ1) is 18.6. The summed E-state index contributed by atoms with van der Waals surface area (Å²) in [5.74, 6) is 2.24. The monoisotopic (exact) mass is 341 g/mol. The molecule has 0 amide bonds. The van der Waals surface area contributed by atoms with Gasteiger partial charge in [0.25, 0.3) is 0 Å². The van der Waals surface area contributed by atoms with Crippen LogP contribution < -0.4 is 20.1 Å². The molecule has 0 fully saturated rings. The maximum atomic E-state index is 5.47. The van der Waals surface area contributed by atoms with Crippen LogP contribution in [0.3, 0.4) is 0 Å². The van der Waals surface area contributed by atoms with E-state index in [1.165, 1.54) is 11.1 Å². The molecule has 0 aliphatic rings. The molecule has 5 heteroatoms. The summed E-state index contributed by atoms with van der Waals surface area (Å²) in [6, 6.07) is 14.3. The Hall–Kier alpha value is -2.69. The minimum Gasteiger partial charge on any atom is -0.493 e. The summed E-state index contributed by atoms with van der Waals surface area (Å²) < 4.78 is 10.8. The van der Waals surface area contributed by atoms with Gasteiger partial charge in [-0.3, -0.25) is 0 Å². The van der Waals surface area contributed by atoms with Gasteiger partial charge in [-0.25, -0.2) is 4.99 Å². The molecule has 0 aliphatic carbocycles. The predicted octanol–water partition coefficient (Wildman–Crippen LogP) is 3.27. The molecule has 0 radical (unpaired) electrons. The third kappa shape index (κ3) is 5.41. The molecule has 2 N–H and O–H groups in total. The number of guanidine groups is 1. The van der Waals surface area contributed by atoms with Gasteiger partial charge in [-0.15, -0.1) is 0 Å². The van der Waals surface area contributed by atoms with E-state index < -0.39 is 0 Å². The molecule has 0 saturated carbocycles. The summed E-state index contributed by atoms with van der Waals surface area (Å²) in [6.45, 7) is 6.16. The fourth-order valence-corrected chi connectivity index (χ4v) is 2.48. The van der Waals surface area contributed by atoms with Crippen LogP contribution in [-0.2, 0) is 13.1 Å². The van der Waals surface area contributed by atoms with Gasteiger partial charge >= 0.3 is 0 Å². The van der Waals surface area contributed by atoms with Gasteiger partial charge in [0.1, 0.15) is 0 Å². The Bertz CT molecular complexity index is 697. The maximum absolute atomic E-state index is 5.47. The maximum Gasteiger partial charge on any atom is 0.191 e. The Balaban J connectivity index is 2.06. The number of rotatable bonds is 7. The minimum absolute atomic E-state index is 0.597. The summed E-state index contributed by atoms with van der Waals surface area (Å²) in [4.78, 5) is 4.65. The molecular weight excluding hydrogens is 314 g/mol. The highest BCUT2D eigenvalue weighted by atomic mass is 16.5. The molecule has 2 aromatic rings. The molecule has 0 unspecified atom stereocenters. The molecule has 134 valence electrons. The third-order valence-corrected chi connectivity index (χ3v) is 3.82. The standard InChI is InChI=1S/C20H27N3O2/c1-5-21-20(22-13-16-11-9-15(2)10-12-16)23-14-17-7-6-8-18(24-3)19(17)25-4/h6-12H,5,13-14H2,1-4H3,(H2,21,22,23). The van der Waals surface area contributed by atoms with E-state index in [4.69, 9.17) is 9.47 Å². The Morgan fingerprint density at radius 2 is 1.76 bits per heavy atom. The molecule has 0 bridgehead atoms. The van der Waals surface area contributed by atoms with E-state index in [0.29, 0.717) is 13.1 Å². The van der Waals surface area contributed by atoms with Crippen LogP contribution in [0.2, 0.25) is 0 Å². The molecule has 5 nitrogen and oxygen atoms in total. The van der Waals surface area contributed by atoms with Gasteiger partial charge in [-0.05, 0) is 25.5 Å². The summed E-state index contributed by atoms with van der Waals surface area (Å²) in [5, 5.41) is 6.62. The Morgan fingerprint density at radius 1 is 1.00 bits per heavy atom. The molecule has 0 aromatic heterocycles. The van der Waals surface area contributed by atoms with Crippen molar-refractivity contribution >= 4 is 5.96 Å². The number of benzene rings is 2. The van der Waals surface area contributed by atoms with E-state index in [9.17, 15) is 0 Å². The lowest BCUT2D eigenvalue weighted by Crippen LogP contribution is -2.36. The van der Waals surface area contributed by atoms with E-state index in [-0.39, 0.29) is 0 Å². The van der Waals surface area contributed by atoms with Gasteiger partial charge in [0, 0.05) is 18.7 Å². The zero-order valence-corrected chi connectivity index (χ0v) is 15.4. The van der Waals surface area contributed by atoms with E-state index in [2.05, 4.69) is 53.7 Å². The summed E-state index contributed by atoms with van der Waals surface area (Å²) >= 11 is 0. The van der Waals surface area contributed by atoms with Crippen molar-refractivity contribution in [3.8, 4) is 11.5 Å². The smallest absolute Gasteiger partial charge is 0.191 e. The van der Waals surface area contributed by atoms with Crippen LogP contribution in [0.1, 0.15) is 23.6 Å². The first-order valence-electron chi connectivity index (χ1n) is 8.45. The van der Waals surface area contributed by atoms with Crippen LogP contribution in [0.4, 0.5) is 0 Å². The fourth-order valence-electron chi connectivity index (χ4n) is 2.48. The van der Waals surface area contributed by atoms with Crippen molar-refractivity contribution in [3.05, 3.63) is 59.2 Å². The number of nitrogens with zero attached hydrogens (tertiary/aromatic N) is 1. The molecule has 0 heterocycles. The molecule has 2 rings (SSSR count). The largest absolute Gasteiger partial charge is 0.493 e. The van der Waals surface area contributed by atoms with Crippen LogP contribution in [0.5, 0.6) is 11.5 Å². The number of para-hydroxylation sites is 1. The average molecular weight is 341 g/mol. The highest BCUT2D eigenvalue weighted by Gasteiger charge is 2.09. The lowest BCUT2D eigenvalue weighted by molar-refractivity contribution is 0.351. The number of hydrogen-bond acceptors (Lipinski definition) is 3. The normalized spacial score (nSPS) is 11.1. The van der Waals surface area contributed by atoms with Crippen LogP contribution >= 0.6 is 0 Å². The van der Waals surface area contributed by atoms with Crippen molar-refractivity contribution in [2.75, 3.05) is 20.8 Å². The fraction of sp³-hybridized carbons (Fsp3) is 0.350. The van der Waals surface area contributed by atoms with Crippen molar-refractivity contribution in [2.45, 2.75) is 26.9 Å². The van der Waals surface area contributed by atoms with Gasteiger partial charge in [0.05, 0.1) is 20.8 Å². The number of methoxy groups -OCH3 is 2. The van der Waals surface area contributed by atoms with E-state index in [0.717, 1.165) is 29.6 Å². The average Bonchev–Trinajstić information content (AvgIpc) is 2.64. The van der Waals surface area contributed by atoms with Gasteiger partial charge in [0.2, 0.25) is 0 Å². The van der Waals surface area contributed by atoms with Gasteiger partial charge in [-0.1, -0.05) is 42.0 Å². The summed E-state index contributed by atoms with van der Waals surface area (Å²) in [5.41, 5.74) is 3.45. The quantitative estimate of drug-likeness (QED) is 0.599. The Morgan fingerprint density at radius 3 is 2.40 bits per heavy atom. The lowest BCUT2D eigenvalue weighted by atomic mass is 10.1. The second-order valence-electron chi connectivity index (χ2n) is 5.69. The van der Waals surface area contributed by atoms with Crippen molar-refractivity contribution < 1.29 is 9.47 Å². The van der Waals surface area contributed by atoms with E-state index >= 15 is 0 Å². The molecule has 0 atom stereocenters. The SMILES string of the molecule is CCNC(=NCc1ccc(C)cc1)NCc1cccc(OC)c1OC. The molecule has 0 saturated heterocycles. The lowest BCUT2D eigenvalue weighted by Gasteiger charge is -2.15. The van der Waals surface area contributed by atoms with E-state index in [1.807, 2.05) is 18.2 Å². The summed E-state index contributed by atoms with van der Waals surface area (Å²) in [7, 11) is 3.29. The van der Waals surface area contributed by atoms with Gasteiger partial charge in [-0.2, -0.15) is 0 Å². The van der Waals surface area contributed by atoms with Crippen molar-refractivity contribution in [1.82, 2.24) is 10.6 Å². The number of ether oxygens (including phenoxy) is 2. The minimum atomic E-state index is 0.597. The number of aryl methyl sites for hydroxylation is 1.